The number of hydrogen-bond acceptors (Lipinski definition) is 14. The first-order chi connectivity index (χ1) is 26.5. The molecule has 7 aromatic rings. The van der Waals surface area contributed by atoms with Gasteiger partial charge in [-0.15, -0.1) is 25.6 Å². The number of phenolic OH excluding ortho intramolecular Hbond substituents is 1. The summed E-state index contributed by atoms with van der Waals surface area (Å²) in [7, 11) is -13.9. The van der Waals surface area contributed by atoms with Crippen molar-refractivity contribution in [3.05, 3.63) is 115 Å². The van der Waals surface area contributed by atoms with Gasteiger partial charge in [0, 0.05) is 32.6 Å². The second-order valence-electron chi connectivity index (χ2n) is 12.1. The van der Waals surface area contributed by atoms with E-state index >= 15 is 0 Å². The van der Waals surface area contributed by atoms with E-state index in [1.54, 1.807) is 24.3 Å². The number of aromatic hydroxyl groups is 1. The van der Waals surface area contributed by atoms with Crippen molar-refractivity contribution in [3.63, 3.8) is 0 Å². The lowest BCUT2D eigenvalue weighted by molar-refractivity contribution is 0.476. The van der Waals surface area contributed by atoms with Crippen LogP contribution in [0.1, 0.15) is 0 Å². The van der Waals surface area contributed by atoms with E-state index < -0.39 is 45.0 Å². The maximum absolute atomic E-state index is 12.1. The van der Waals surface area contributed by atoms with Crippen LogP contribution in [0.2, 0.25) is 0 Å². The highest BCUT2D eigenvalue weighted by Crippen LogP contribution is 2.41. The first-order valence-electron chi connectivity index (χ1n) is 15.9. The van der Waals surface area contributed by atoms with E-state index in [0.29, 0.717) is 22.1 Å². The molecule has 0 aliphatic rings. The van der Waals surface area contributed by atoms with Gasteiger partial charge in [0.2, 0.25) is 0 Å². The van der Waals surface area contributed by atoms with Gasteiger partial charge in [-0.2, -0.15) is 30.4 Å². The molecule has 0 bridgehead atoms. The lowest BCUT2D eigenvalue weighted by Crippen LogP contribution is -1.97. The van der Waals surface area contributed by atoms with Gasteiger partial charge in [-0.05, 0) is 96.4 Å². The van der Waals surface area contributed by atoms with Crippen LogP contribution in [0.15, 0.2) is 161 Å². The van der Waals surface area contributed by atoms with Crippen molar-refractivity contribution >= 4 is 102 Å². The van der Waals surface area contributed by atoms with E-state index in [9.17, 15) is 44.0 Å². The zero-order valence-electron chi connectivity index (χ0n) is 28.2. The quantitative estimate of drug-likeness (QED) is 0.0519. The minimum atomic E-state index is -4.69. The molecule has 0 aromatic heterocycles. The normalized spacial score (nSPS) is 12.9. The molecule has 0 atom stereocenters. The van der Waals surface area contributed by atoms with Crippen LogP contribution in [0.25, 0.3) is 32.3 Å². The van der Waals surface area contributed by atoms with Gasteiger partial charge in [-0.3, -0.25) is 13.7 Å². The van der Waals surface area contributed by atoms with Gasteiger partial charge in [0.25, 0.3) is 30.4 Å². The second-order valence-corrected chi connectivity index (χ2v) is 16.3. The number of rotatable bonds is 9. The largest absolute Gasteiger partial charge is 0.506 e. The summed E-state index contributed by atoms with van der Waals surface area (Å²) >= 11 is 0. The van der Waals surface area contributed by atoms with Crippen molar-refractivity contribution in [2.45, 2.75) is 14.7 Å². The molecule has 56 heavy (non-hydrogen) atoms. The van der Waals surface area contributed by atoms with Crippen LogP contribution in [0.3, 0.4) is 0 Å². The predicted molar refractivity (Wildman–Crippen MR) is 206 cm³/mol. The van der Waals surface area contributed by atoms with Crippen LogP contribution in [0.5, 0.6) is 5.75 Å². The lowest BCUT2D eigenvalue weighted by atomic mass is 10.1. The topological polar surface area (TPSA) is 284 Å². The Kier molecular flexibility index (Phi) is 9.62. The Balaban J connectivity index is 1.34. The van der Waals surface area contributed by atoms with E-state index in [-0.39, 0.29) is 55.7 Å². The smallest absolute Gasteiger partial charge is 0.294 e. The summed E-state index contributed by atoms with van der Waals surface area (Å²) in [5.41, 5.74) is 7.28. The van der Waals surface area contributed by atoms with Gasteiger partial charge in [-0.25, -0.2) is 0 Å². The van der Waals surface area contributed by atoms with Crippen LogP contribution in [0, 0.1) is 0 Å². The number of nitrogens with two attached hydrogens (primary N) is 1. The second kappa shape index (κ2) is 14.3. The Morgan fingerprint density at radius 1 is 0.411 bits per heavy atom. The molecule has 0 amide bonds. The number of anilines is 1. The molecule has 0 spiro atoms. The number of phenols is 1. The SMILES string of the molecule is Nc1ccc(N=Nc2ccc(N=Nc3ccc(N=Nc4c(O)ccc5ccc(S(=O)(=O)O)cc45)c4ccc(S(=O)(=O)O)cc34)c3ccc(S(=O)(=O)O)cc23)cc1. The van der Waals surface area contributed by atoms with Gasteiger partial charge in [0.05, 0.1) is 43.1 Å². The number of hydrogen-bond donors (Lipinski definition) is 5. The molecule has 6 N–H and O–H groups in total. The van der Waals surface area contributed by atoms with Crippen LogP contribution in [0.4, 0.5) is 39.8 Å². The third-order valence-corrected chi connectivity index (χ3v) is 11.0. The molecule has 0 heterocycles. The predicted octanol–water partition coefficient (Wildman–Crippen LogP) is 9.42. The van der Waals surface area contributed by atoms with Gasteiger partial charge in [-0.1, -0.05) is 24.3 Å². The molecule has 0 fully saturated rings. The fraction of sp³-hybridized carbons (Fsp3) is 0. The molecular formula is C36H25N7O10S3. The maximum atomic E-state index is 12.1. The first kappa shape index (κ1) is 37.8. The molecular weight excluding hydrogens is 787 g/mol. The molecule has 0 aliphatic carbocycles. The number of benzene rings is 7. The van der Waals surface area contributed by atoms with Crippen molar-refractivity contribution < 1.29 is 44.0 Å². The monoisotopic (exact) mass is 811 g/mol. The highest BCUT2D eigenvalue weighted by Gasteiger charge is 2.17. The van der Waals surface area contributed by atoms with E-state index in [4.69, 9.17) is 5.73 Å². The summed E-state index contributed by atoms with van der Waals surface area (Å²) in [6.45, 7) is 0. The van der Waals surface area contributed by atoms with Crippen molar-refractivity contribution in [1.82, 2.24) is 0 Å². The average Bonchev–Trinajstić information content (AvgIpc) is 3.15. The third-order valence-electron chi connectivity index (χ3n) is 8.41. The number of fused-ring (bicyclic) bond motifs is 3. The number of nitrogen functional groups attached to an aromatic ring is 1. The molecule has 282 valence electrons. The Bertz CT molecular complexity index is 3190. The van der Waals surface area contributed by atoms with E-state index in [2.05, 4.69) is 30.7 Å². The first-order valence-corrected chi connectivity index (χ1v) is 20.2. The minimum absolute atomic E-state index is 0.102. The molecule has 0 unspecified atom stereocenters. The summed E-state index contributed by atoms with van der Waals surface area (Å²) < 4.78 is 101. The zero-order valence-corrected chi connectivity index (χ0v) is 30.6. The Morgan fingerprint density at radius 2 is 0.804 bits per heavy atom. The fourth-order valence-corrected chi connectivity index (χ4v) is 7.18. The Hall–Kier alpha value is -6.55. The lowest BCUT2D eigenvalue weighted by Gasteiger charge is -2.09. The van der Waals surface area contributed by atoms with Crippen LogP contribution >= 0.6 is 0 Å². The molecule has 7 rings (SSSR count). The maximum Gasteiger partial charge on any atom is 0.294 e. The van der Waals surface area contributed by atoms with Crippen molar-refractivity contribution in [2.24, 2.45) is 30.7 Å². The number of nitrogens with zero attached hydrogens (tertiary/aromatic N) is 6. The van der Waals surface area contributed by atoms with Crippen molar-refractivity contribution in [1.29, 1.82) is 0 Å². The zero-order chi connectivity index (χ0) is 40.0. The number of azo groups is 3. The highest BCUT2D eigenvalue weighted by molar-refractivity contribution is 7.86. The highest BCUT2D eigenvalue weighted by atomic mass is 32.2. The van der Waals surface area contributed by atoms with E-state index in [1.165, 1.54) is 72.8 Å². The molecule has 17 nitrogen and oxygen atoms in total. The fourth-order valence-electron chi connectivity index (χ4n) is 5.66. The van der Waals surface area contributed by atoms with Crippen molar-refractivity contribution in [2.75, 3.05) is 5.73 Å². The summed E-state index contributed by atoms with van der Waals surface area (Å²) in [5.74, 6) is -0.356. The van der Waals surface area contributed by atoms with Crippen LogP contribution < -0.4 is 5.73 Å². The Labute approximate surface area is 317 Å². The average molecular weight is 812 g/mol. The van der Waals surface area contributed by atoms with Gasteiger partial charge in [0.1, 0.15) is 11.4 Å². The molecule has 0 saturated heterocycles. The van der Waals surface area contributed by atoms with Crippen molar-refractivity contribution in [3.8, 4) is 5.75 Å². The summed E-state index contributed by atoms with van der Waals surface area (Å²) in [6.07, 6.45) is 0. The molecule has 20 heteroatoms. The van der Waals surface area contributed by atoms with Crippen LogP contribution in [-0.2, 0) is 30.4 Å². The summed E-state index contributed by atoms with van der Waals surface area (Å²) in [6, 6.07) is 26.4. The minimum Gasteiger partial charge on any atom is -0.506 e. The van der Waals surface area contributed by atoms with Gasteiger partial charge < -0.3 is 10.8 Å². The van der Waals surface area contributed by atoms with Gasteiger partial charge >= 0.3 is 0 Å². The van der Waals surface area contributed by atoms with Gasteiger partial charge in [0.15, 0.2) is 0 Å². The molecule has 0 aliphatic heterocycles. The molecule has 7 aromatic carbocycles. The van der Waals surface area contributed by atoms with E-state index in [1.807, 2.05) is 0 Å². The summed E-state index contributed by atoms with van der Waals surface area (Å²) in [4.78, 5) is -1.32. The Morgan fingerprint density at radius 3 is 1.29 bits per heavy atom. The third kappa shape index (κ3) is 7.82. The standard InChI is InChI=1S/C36H25N7O10S3/c37-21-3-5-22(6-4-21)38-39-33-14-12-31(26-10-8-24(18-29(26)33)55(48,49)50)40-41-34-15-13-32(27-11-9-25(19-30(27)34)56(51,52)53)42-43-36-28-17-23(54(45,46)47)7-1-20(28)2-16-35(36)44/h1-19,44H,37H2,(H,45,46,47)(H,48,49,50)(H,51,52,53). The molecule has 0 radical (unpaired) electrons. The molecule has 0 saturated carbocycles. The summed E-state index contributed by atoms with van der Waals surface area (Å²) in [5, 5.41) is 37.9. The van der Waals surface area contributed by atoms with Crippen LogP contribution in [-0.4, -0.2) is 44.0 Å². The van der Waals surface area contributed by atoms with E-state index in [0.717, 1.165) is 18.2 Å².